The number of hydrogen-bond acceptors (Lipinski definition) is 6. The molecular formula is C9H13N5O2S. The van der Waals surface area contributed by atoms with Crippen molar-refractivity contribution in [3.05, 3.63) is 11.1 Å². The summed E-state index contributed by atoms with van der Waals surface area (Å²) in [7, 11) is 1.63. The number of piperazine rings is 1. The Bertz CT molecular complexity index is 446. The fourth-order valence-electron chi connectivity index (χ4n) is 1.56. The van der Waals surface area contributed by atoms with E-state index in [1.165, 1.54) is 21.1 Å². The number of hydrogen-bond donors (Lipinski definition) is 2. The Labute approximate surface area is 102 Å². The van der Waals surface area contributed by atoms with Gasteiger partial charge in [-0.2, -0.15) is 0 Å². The molecule has 0 bridgehead atoms. The summed E-state index contributed by atoms with van der Waals surface area (Å²) < 4.78 is 0. The van der Waals surface area contributed by atoms with Crippen LogP contribution in [0.1, 0.15) is 4.88 Å². The van der Waals surface area contributed by atoms with Crippen molar-refractivity contribution >= 4 is 28.3 Å². The molecule has 2 amide bonds. The molecule has 1 aliphatic heterocycles. The van der Waals surface area contributed by atoms with Gasteiger partial charge in [0.2, 0.25) is 0 Å². The maximum Gasteiger partial charge on any atom is 0.312 e. The number of anilines is 1. The zero-order valence-electron chi connectivity index (χ0n) is 9.34. The number of aromatic nitrogens is 1. The van der Waals surface area contributed by atoms with Gasteiger partial charge in [-0.25, -0.2) is 10.8 Å². The molecule has 0 aliphatic carbocycles. The van der Waals surface area contributed by atoms with E-state index in [0.717, 1.165) is 4.88 Å². The van der Waals surface area contributed by atoms with E-state index in [1.807, 2.05) is 0 Å². The molecule has 0 atom stereocenters. The monoisotopic (exact) mass is 255 g/mol. The second kappa shape index (κ2) is 4.68. The van der Waals surface area contributed by atoms with E-state index >= 15 is 0 Å². The van der Waals surface area contributed by atoms with Gasteiger partial charge in [0.15, 0.2) is 5.13 Å². The number of likely N-dealkylation sites (N-methyl/N-ethyl adjacent to an activating group) is 1. The van der Waals surface area contributed by atoms with Crippen molar-refractivity contribution in [2.75, 3.05) is 25.6 Å². The van der Waals surface area contributed by atoms with Gasteiger partial charge in [-0.3, -0.25) is 15.0 Å². The number of nitrogen functional groups attached to an aromatic ring is 1. The summed E-state index contributed by atoms with van der Waals surface area (Å²) in [4.78, 5) is 31.0. The first kappa shape index (κ1) is 11.8. The predicted molar refractivity (Wildman–Crippen MR) is 63.0 cm³/mol. The van der Waals surface area contributed by atoms with E-state index in [-0.39, 0.29) is 0 Å². The molecule has 0 unspecified atom stereocenters. The zero-order chi connectivity index (χ0) is 12.4. The van der Waals surface area contributed by atoms with Gasteiger partial charge in [-0.1, -0.05) is 11.3 Å². The van der Waals surface area contributed by atoms with Gasteiger partial charge in [-0.05, 0) is 0 Å². The molecule has 3 N–H and O–H groups in total. The second-order valence-corrected chi connectivity index (χ2v) is 4.84. The minimum atomic E-state index is -0.464. The first-order chi connectivity index (χ1) is 8.11. The summed E-state index contributed by atoms with van der Waals surface area (Å²) >= 11 is 1.36. The topological polar surface area (TPSA) is 91.6 Å². The maximum atomic E-state index is 11.7. The van der Waals surface area contributed by atoms with Crippen molar-refractivity contribution in [3.63, 3.8) is 0 Å². The van der Waals surface area contributed by atoms with Crippen LogP contribution < -0.4 is 11.3 Å². The third-order valence-electron chi connectivity index (χ3n) is 2.55. The Kier molecular flexibility index (Phi) is 3.25. The summed E-state index contributed by atoms with van der Waals surface area (Å²) in [6.45, 7) is 1.51. The standard InChI is InChI=1S/C9H13N5O2S/c1-13-2-3-14(8(16)7(13)15)5-6-4-11-9(12-10)17-6/h4H,2-3,5,10H2,1H3,(H,11,12). The lowest BCUT2D eigenvalue weighted by molar-refractivity contribution is -0.155. The van der Waals surface area contributed by atoms with Crippen LogP contribution in [-0.4, -0.2) is 46.7 Å². The third-order valence-corrected chi connectivity index (χ3v) is 3.46. The fourth-order valence-corrected chi connectivity index (χ4v) is 2.30. The van der Waals surface area contributed by atoms with E-state index in [9.17, 15) is 9.59 Å². The average Bonchev–Trinajstić information content (AvgIpc) is 2.78. The predicted octanol–water partition coefficient (Wildman–Crippen LogP) is -0.771. The highest BCUT2D eigenvalue weighted by molar-refractivity contribution is 7.15. The average molecular weight is 255 g/mol. The van der Waals surface area contributed by atoms with Crippen LogP contribution in [0.25, 0.3) is 0 Å². The van der Waals surface area contributed by atoms with Gasteiger partial charge in [0.05, 0.1) is 6.54 Å². The molecule has 1 saturated heterocycles. The van der Waals surface area contributed by atoms with Gasteiger partial charge in [0.1, 0.15) is 0 Å². The van der Waals surface area contributed by atoms with Gasteiger partial charge in [0.25, 0.3) is 0 Å². The van der Waals surface area contributed by atoms with Crippen LogP contribution in [-0.2, 0) is 16.1 Å². The minimum Gasteiger partial charge on any atom is -0.336 e. The van der Waals surface area contributed by atoms with E-state index in [0.29, 0.717) is 24.8 Å². The lowest BCUT2D eigenvalue weighted by Crippen LogP contribution is -2.52. The van der Waals surface area contributed by atoms with E-state index in [1.54, 1.807) is 13.2 Å². The summed E-state index contributed by atoms with van der Waals surface area (Å²) in [5, 5.41) is 0.591. The molecule has 0 saturated carbocycles. The molecule has 92 valence electrons. The number of carbonyl (C=O) groups is 2. The van der Waals surface area contributed by atoms with Crippen LogP contribution in [0.3, 0.4) is 0 Å². The highest BCUT2D eigenvalue weighted by Gasteiger charge is 2.30. The molecule has 2 rings (SSSR count). The molecular weight excluding hydrogens is 242 g/mol. The van der Waals surface area contributed by atoms with Crippen molar-refractivity contribution in [2.45, 2.75) is 6.54 Å². The zero-order valence-corrected chi connectivity index (χ0v) is 10.2. The third kappa shape index (κ3) is 2.37. The first-order valence-corrected chi connectivity index (χ1v) is 5.89. The largest absolute Gasteiger partial charge is 0.336 e. The number of amides is 2. The maximum absolute atomic E-state index is 11.7. The van der Waals surface area contributed by atoms with Crippen LogP contribution in [0.4, 0.5) is 5.13 Å². The summed E-state index contributed by atoms with van der Waals surface area (Å²) in [6, 6.07) is 0. The molecule has 1 aliphatic rings. The van der Waals surface area contributed by atoms with Gasteiger partial charge >= 0.3 is 11.8 Å². The Morgan fingerprint density at radius 1 is 1.47 bits per heavy atom. The number of rotatable bonds is 3. The van der Waals surface area contributed by atoms with Crippen LogP contribution in [0.5, 0.6) is 0 Å². The molecule has 2 heterocycles. The molecule has 1 aromatic heterocycles. The molecule has 17 heavy (non-hydrogen) atoms. The van der Waals surface area contributed by atoms with Crippen molar-refractivity contribution < 1.29 is 9.59 Å². The van der Waals surface area contributed by atoms with E-state index in [2.05, 4.69) is 10.4 Å². The van der Waals surface area contributed by atoms with Gasteiger partial charge < -0.3 is 9.80 Å². The van der Waals surface area contributed by atoms with Crippen molar-refractivity contribution in [1.29, 1.82) is 0 Å². The first-order valence-electron chi connectivity index (χ1n) is 5.07. The molecule has 0 aromatic carbocycles. The van der Waals surface area contributed by atoms with Crippen molar-refractivity contribution in [3.8, 4) is 0 Å². The molecule has 0 radical (unpaired) electrons. The number of thiazole rings is 1. The number of hydrazine groups is 1. The highest BCUT2D eigenvalue weighted by atomic mass is 32.1. The Balaban J connectivity index is 2.04. The quantitative estimate of drug-likeness (QED) is 0.420. The van der Waals surface area contributed by atoms with Gasteiger partial charge in [-0.15, -0.1) is 0 Å². The molecule has 1 fully saturated rings. The Morgan fingerprint density at radius 2 is 2.24 bits per heavy atom. The van der Waals surface area contributed by atoms with Gasteiger partial charge in [0, 0.05) is 31.2 Å². The molecule has 7 nitrogen and oxygen atoms in total. The lowest BCUT2D eigenvalue weighted by Gasteiger charge is -2.30. The van der Waals surface area contributed by atoms with Crippen molar-refractivity contribution in [1.82, 2.24) is 14.8 Å². The smallest absolute Gasteiger partial charge is 0.312 e. The molecule has 1 aromatic rings. The van der Waals surface area contributed by atoms with Crippen LogP contribution in [0.2, 0.25) is 0 Å². The van der Waals surface area contributed by atoms with Crippen LogP contribution in [0.15, 0.2) is 6.20 Å². The normalized spacial score (nSPS) is 16.6. The number of nitrogens with two attached hydrogens (primary N) is 1. The Hall–Kier alpha value is -1.67. The van der Waals surface area contributed by atoms with E-state index < -0.39 is 11.8 Å². The lowest BCUT2D eigenvalue weighted by atomic mass is 10.3. The summed E-state index contributed by atoms with van der Waals surface area (Å²) in [6.07, 6.45) is 1.65. The van der Waals surface area contributed by atoms with Crippen LogP contribution >= 0.6 is 11.3 Å². The number of carbonyl (C=O) groups excluding carboxylic acids is 2. The summed E-state index contributed by atoms with van der Waals surface area (Å²) in [5.74, 6) is 4.30. The minimum absolute atomic E-state index is 0.401. The number of nitrogens with one attached hydrogen (secondary N) is 1. The fraction of sp³-hybridized carbons (Fsp3) is 0.444. The Morgan fingerprint density at radius 3 is 2.88 bits per heavy atom. The SMILES string of the molecule is CN1CCN(Cc2cnc(NN)s2)C(=O)C1=O. The van der Waals surface area contributed by atoms with Crippen LogP contribution in [0, 0.1) is 0 Å². The highest BCUT2D eigenvalue weighted by Crippen LogP contribution is 2.19. The second-order valence-electron chi connectivity index (χ2n) is 3.73. The number of nitrogens with zero attached hydrogens (tertiary/aromatic N) is 3. The van der Waals surface area contributed by atoms with E-state index in [4.69, 9.17) is 5.84 Å². The van der Waals surface area contributed by atoms with Crippen molar-refractivity contribution in [2.24, 2.45) is 5.84 Å². The summed E-state index contributed by atoms with van der Waals surface area (Å²) in [5.41, 5.74) is 2.44. The molecule has 8 heteroatoms. The molecule has 0 spiro atoms.